The van der Waals surface area contributed by atoms with Crippen molar-refractivity contribution in [3.05, 3.63) is 0 Å². The highest BCUT2D eigenvalue weighted by Gasteiger charge is 2.35. The Morgan fingerprint density at radius 1 is 1.50 bits per heavy atom. The first-order valence-electron chi connectivity index (χ1n) is 6.32. The molecule has 0 bridgehead atoms. The van der Waals surface area contributed by atoms with Crippen molar-refractivity contribution in [3.63, 3.8) is 0 Å². The number of carbonyl (C=O) groups excluding carboxylic acids is 1. The Hall–Kier alpha value is -0.220. The van der Waals surface area contributed by atoms with Gasteiger partial charge >= 0.3 is 0 Å². The van der Waals surface area contributed by atoms with Gasteiger partial charge in [0.2, 0.25) is 5.91 Å². The van der Waals surface area contributed by atoms with Crippen LogP contribution in [0.3, 0.4) is 0 Å². The number of thioether (sulfide) groups is 1. The van der Waals surface area contributed by atoms with E-state index in [1.54, 1.807) is 0 Å². The number of nitrogens with two attached hydrogens (primary N) is 1. The molecule has 4 heteroatoms. The average Bonchev–Trinajstić information content (AvgIpc) is 2.81. The van der Waals surface area contributed by atoms with Crippen molar-refractivity contribution in [1.29, 1.82) is 0 Å². The van der Waals surface area contributed by atoms with Crippen molar-refractivity contribution in [1.82, 2.24) is 4.90 Å². The van der Waals surface area contributed by atoms with Crippen LogP contribution >= 0.6 is 11.8 Å². The largest absolute Gasteiger partial charge is 0.338 e. The van der Waals surface area contributed by atoms with E-state index in [0.29, 0.717) is 18.4 Å². The van der Waals surface area contributed by atoms with Gasteiger partial charge < -0.3 is 10.6 Å². The molecule has 2 aliphatic heterocycles. The minimum atomic E-state index is 0.268. The van der Waals surface area contributed by atoms with E-state index in [1.165, 1.54) is 6.42 Å². The Balaban J connectivity index is 2.02. The van der Waals surface area contributed by atoms with E-state index in [1.807, 2.05) is 11.8 Å². The lowest BCUT2D eigenvalue weighted by Crippen LogP contribution is -2.53. The molecule has 3 atom stereocenters. The number of amides is 1. The first-order valence-corrected chi connectivity index (χ1v) is 7.47. The topological polar surface area (TPSA) is 46.3 Å². The van der Waals surface area contributed by atoms with Crippen LogP contribution in [0.25, 0.3) is 0 Å². The number of likely N-dealkylation sites (tertiary alicyclic amines) is 1. The number of carbonyl (C=O) groups is 1. The fourth-order valence-electron chi connectivity index (χ4n) is 2.85. The molecule has 2 aliphatic rings. The zero-order valence-corrected chi connectivity index (χ0v) is 10.8. The molecule has 0 spiro atoms. The van der Waals surface area contributed by atoms with Gasteiger partial charge in [-0.3, -0.25) is 4.79 Å². The fourth-order valence-corrected chi connectivity index (χ4v) is 4.06. The van der Waals surface area contributed by atoms with Crippen LogP contribution in [-0.2, 0) is 4.79 Å². The SMILES string of the molecule is CC1CCCN(C(=O)C2CCSC2)C1CN. The molecule has 3 unspecified atom stereocenters. The summed E-state index contributed by atoms with van der Waals surface area (Å²) in [5.74, 6) is 3.36. The van der Waals surface area contributed by atoms with Gasteiger partial charge in [-0.15, -0.1) is 0 Å². The van der Waals surface area contributed by atoms with Crippen molar-refractivity contribution in [3.8, 4) is 0 Å². The van der Waals surface area contributed by atoms with Crippen molar-refractivity contribution in [2.75, 3.05) is 24.6 Å². The maximum absolute atomic E-state index is 12.4. The van der Waals surface area contributed by atoms with Gasteiger partial charge in [0.15, 0.2) is 0 Å². The van der Waals surface area contributed by atoms with Gasteiger partial charge in [-0.05, 0) is 30.9 Å². The Morgan fingerprint density at radius 2 is 2.31 bits per heavy atom. The van der Waals surface area contributed by atoms with Crippen LogP contribution in [0, 0.1) is 11.8 Å². The molecule has 0 aromatic carbocycles. The molecular formula is C12H22N2OS. The summed E-state index contributed by atoms with van der Waals surface area (Å²) in [5, 5.41) is 0. The summed E-state index contributed by atoms with van der Waals surface area (Å²) in [6, 6.07) is 0.284. The predicted molar refractivity (Wildman–Crippen MR) is 68.4 cm³/mol. The molecule has 2 N–H and O–H groups in total. The number of rotatable bonds is 2. The minimum absolute atomic E-state index is 0.268. The summed E-state index contributed by atoms with van der Waals surface area (Å²) in [6.07, 6.45) is 3.42. The standard InChI is InChI=1S/C12H22N2OS/c1-9-3-2-5-14(11(9)7-13)12(15)10-4-6-16-8-10/h9-11H,2-8,13H2,1H3. The molecule has 0 aliphatic carbocycles. The van der Waals surface area contributed by atoms with Crippen LogP contribution in [0.4, 0.5) is 0 Å². The molecular weight excluding hydrogens is 220 g/mol. The van der Waals surface area contributed by atoms with Crippen LogP contribution < -0.4 is 5.73 Å². The molecule has 16 heavy (non-hydrogen) atoms. The Labute approximate surface area is 102 Å². The number of hydrogen-bond donors (Lipinski definition) is 1. The van der Waals surface area contributed by atoms with Crippen molar-refractivity contribution in [2.45, 2.75) is 32.2 Å². The lowest BCUT2D eigenvalue weighted by Gasteiger charge is -2.40. The molecule has 0 saturated carbocycles. The molecule has 2 fully saturated rings. The summed E-state index contributed by atoms with van der Waals surface area (Å²) >= 11 is 1.91. The van der Waals surface area contributed by atoms with Crippen LogP contribution in [0.15, 0.2) is 0 Å². The quantitative estimate of drug-likeness (QED) is 0.794. The molecule has 0 radical (unpaired) electrons. The van der Waals surface area contributed by atoms with E-state index in [4.69, 9.17) is 5.73 Å². The van der Waals surface area contributed by atoms with Crippen molar-refractivity contribution < 1.29 is 4.79 Å². The molecule has 2 heterocycles. The molecule has 2 saturated heterocycles. The normalized spacial score (nSPS) is 35.4. The second-order valence-corrected chi connectivity index (χ2v) is 6.16. The maximum atomic E-state index is 12.4. The first-order chi connectivity index (χ1) is 7.74. The molecule has 92 valence electrons. The third-order valence-electron chi connectivity index (χ3n) is 3.92. The van der Waals surface area contributed by atoms with E-state index >= 15 is 0 Å². The van der Waals surface area contributed by atoms with Gasteiger partial charge in [-0.2, -0.15) is 11.8 Å². The Bertz CT molecular complexity index is 253. The van der Waals surface area contributed by atoms with Gasteiger partial charge in [-0.1, -0.05) is 6.92 Å². The molecule has 1 amide bonds. The van der Waals surface area contributed by atoms with E-state index in [9.17, 15) is 4.79 Å². The van der Waals surface area contributed by atoms with Gasteiger partial charge in [0.05, 0.1) is 0 Å². The second-order valence-electron chi connectivity index (χ2n) is 5.01. The highest BCUT2D eigenvalue weighted by Crippen LogP contribution is 2.29. The van der Waals surface area contributed by atoms with Gasteiger partial charge in [0, 0.05) is 30.8 Å². The van der Waals surface area contributed by atoms with Crippen LogP contribution in [-0.4, -0.2) is 41.4 Å². The van der Waals surface area contributed by atoms with Gasteiger partial charge in [0.25, 0.3) is 0 Å². The fraction of sp³-hybridized carbons (Fsp3) is 0.917. The van der Waals surface area contributed by atoms with E-state index < -0.39 is 0 Å². The molecule has 0 aromatic rings. The third-order valence-corrected chi connectivity index (χ3v) is 5.08. The van der Waals surface area contributed by atoms with Crippen LogP contribution in [0.5, 0.6) is 0 Å². The lowest BCUT2D eigenvalue weighted by molar-refractivity contribution is -0.139. The first kappa shape index (κ1) is 12.2. The van der Waals surface area contributed by atoms with Crippen LogP contribution in [0.2, 0.25) is 0 Å². The van der Waals surface area contributed by atoms with E-state index in [2.05, 4.69) is 11.8 Å². The third kappa shape index (κ3) is 2.38. The highest BCUT2D eigenvalue weighted by atomic mass is 32.2. The molecule has 0 aromatic heterocycles. The lowest BCUT2D eigenvalue weighted by atomic mass is 9.89. The number of piperidine rings is 1. The monoisotopic (exact) mass is 242 g/mol. The van der Waals surface area contributed by atoms with E-state index in [0.717, 1.165) is 30.9 Å². The maximum Gasteiger partial charge on any atom is 0.226 e. The summed E-state index contributed by atoms with van der Waals surface area (Å²) in [7, 11) is 0. The smallest absolute Gasteiger partial charge is 0.226 e. The summed E-state index contributed by atoms with van der Waals surface area (Å²) < 4.78 is 0. The summed E-state index contributed by atoms with van der Waals surface area (Å²) in [4.78, 5) is 14.4. The second kappa shape index (κ2) is 5.41. The zero-order chi connectivity index (χ0) is 11.5. The summed E-state index contributed by atoms with van der Waals surface area (Å²) in [6.45, 7) is 3.76. The number of nitrogens with zero attached hydrogens (tertiary/aromatic N) is 1. The van der Waals surface area contributed by atoms with Crippen molar-refractivity contribution >= 4 is 17.7 Å². The highest BCUT2D eigenvalue weighted by molar-refractivity contribution is 7.99. The van der Waals surface area contributed by atoms with Crippen LogP contribution in [0.1, 0.15) is 26.2 Å². The van der Waals surface area contributed by atoms with Crippen molar-refractivity contribution in [2.24, 2.45) is 17.6 Å². The van der Waals surface area contributed by atoms with E-state index in [-0.39, 0.29) is 12.0 Å². The number of hydrogen-bond acceptors (Lipinski definition) is 3. The molecule has 2 rings (SSSR count). The summed E-state index contributed by atoms with van der Waals surface area (Å²) in [5.41, 5.74) is 5.82. The Kier molecular flexibility index (Phi) is 4.14. The predicted octanol–water partition coefficient (Wildman–Crippen LogP) is 1.33. The Morgan fingerprint density at radius 3 is 2.94 bits per heavy atom. The zero-order valence-electron chi connectivity index (χ0n) is 10.0. The average molecular weight is 242 g/mol. The van der Waals surface area contributed by atoms with Gasteiger partial charge in [0.1, 0.15) is 0 Å². The molecule has 3 nitrogen and oxygen atoms in total. The van der Waals surface area contributed by atoms with Gasteiger partial charge in [-0.25, -0.2) is 0 Å². The minimum Gasteiger partial charge on any atom is -0.338 e.